The average molecular weight is 308 g/mol. The Morgan fingerprint density at radius 1 is 1.14 bits per heavy atom. The summed E-state index contributed by atoms with van der Waals surface area (Å²) < 4.78 is 12.7. The van der Waals surface area contributed by atoms with Crippen LogP contribution in [-0.4, -0.2) is 37.1 Å². The summed E-state index contributed by atoms with van der Waals surface area (Å²) in [6, 6.07) is 8.36. The molecule has 0 aliphatic carbocycles. The lowest BCUT2D eigenvalue weighted by molar-refractivity contribution is -0.153. The highest BCUT2D eigenvalue weighted by atomic mass is 32.1. The molecule has 1 atom stereocenters. The summed E-state index contributed by atoms with van der Waals surface area (Å²) >= 11 is 1.74. The van der Waals surface area contributed by atoms with Crippen molar-refractivity contribution >= 4 is 21.6 Å². The Hall–Kier alpha value is -1.01. The second kappa shape index (κ2) is 8.44. The largest absolute Gasteiger partial charge is 0.351 e. The molecule has 0 aliphatic rings. The molecule has 0 amide bonds. The van der Waals surface area contributed by atoms with Crippen LogP contribution in [-0.2, 0) is 15.9 Å². The Balaban J connectivity index is 2.13. The van der Waals surface area contributed by atoms with Crippen LogP contribution in [0.15, 0.2) is 24.3 Å². The monoisotopic (exact) mass is 308 g/mol. The van der Waals surface area contributed by atoms with Gasteiger partial charge in [0.05, 0.1) is 21.3 Å². The van der Waals surface area contributed by atoms with E-state index in [0.717, 1.165) is 23.5 Å². The maximum Gasteiger partial charge on any atom is 0.173 e. The lowest BCUT2D eigenvalue weighted by Crippen LogP contribution is -2.44. The van der Waals surface area contributed by atoms with Crippen molar-refractivity contribution in [1.82, 2.24) is 10.3 Å². The van der Waals surface area contributed by atoms with E-state index in [-0.39, 0.29) is 12.3 Å². The summed E-state index contributed by atoms with van der Waals surface area (Å²) in [7, 11) is 0. The molecule has 0 spiro atoms. The lowest BCUT2D eigenvalue weighted by atomic mass is 10.2. The summed E-state index contributed by atoms with van der Waals surface area (Å²) in [6.45, 7) is 8.25. The molecule has 116 valence electrons. The van der Waals surface area contributed by atoms with Crippen LogP contribution in [0.1, 0.15) is 25.8 Å². The first-order chi connectivity index (χ1) is 10.3. The predicted octanol–water partition coefficient (Wildman–Crippen LogP) is 3.22. The Morgan fingerprint density at radius 3 is 2.48 bits per heavy atom. The van der Waals surface area contributed by atoms with Gasteiger partial charge in [-0.15, -0.1) is 11.3 Å². The van der Waals surface area contributed by atoms with Crippen LogP contribution in [0.2, 0.25) is 0 Å². The number of hydrogen-bond acceptors (Lipinski definition) is 5. The highest BCUT2D eigenvalue weighted by Crippen LogP contribution is 2.23. The zero-order valence-corrected chi connectivity index (χ0v) is 13.8. The minimum atomic E-state index is -0.230. The molecule has 5 heteroatoms. The van der Waals surface area contributed by atoms with Crippen LogP contribution in [0.25, 0.3) is 10.2 Å². The number of rotatable bonds is 9. The smallest absolute Gasteiger partial charge is 0.173 e. The molecule has 1 heterocycles. The molecule has 0 aliphatic heterocycles. The highest BCUT2D eigenvalue weighted by molar-refractivity contribution is 7.18. The normalized spacial score (nSPS) is 13.1. The van der Waals surface area contributed by atoms with Crippen molar-refractivity contribution in [2.75, 3.05) is 19.8 Å². The Bertz CT molecular complexity index is 505. The van der Waals surface area contributed by atoms with Crippen LogP contribution < -0.4 is 5.32 Å². The van der Waals surface area contributed by atoms with Gasteiger partial charge in [0.15, 0.2) is 6.29 Å². The van der Waals surface area contributed by atoms with E-state index in [9.17, 15) is 0 Å². The first-order valence-corrected chi connectivity index (χ1v) is 8.41. The predicted molar refractivity (Wildman–Crippen MR) is 87.8 cm³/mol. The second-order valence-corrected chi connectivity index (χ2v) is 5.84. The number of benzene rings is 1. The summed E-state index contributed by atoms with van der Waals surface area (Å²) in [6.07, 6.45) is 0.588. The van der Waals surface area contributed by atoms with Crippen molar-refractivity contribution in [3.05, 3.63) is 29.3 Å². The average Bonchev–Trinajstić information content (AvgIpc) is 2.89. The van der Waals surface area contributed by atoms with E-state index in [4.69, 9.17) is 14.5 Å². The van der Waals surface area contributed by atoms with E-state index >= 15 is 0 Å². The molecule has 4 nitrogen and oxygen atoms in total. The van der Waals surface area contributed by atoms with Gasteiger partial charge in [0.25, 0.3) is 0 Å². The fourth-order valence-electron chi connectivity index (χ4n) is 2.33. The first kappa shape index (κ1) is 16.4. The fraction of sp³-hybridized carbons (Fsp3) is 0.562. The van der Waals surface area contributed by atoms with Crippen LogP contribution in [0, 0.1) is 0 Å². The zero-order chi connectivity index (χ0) is 15.1. The van der Waals surface area contributed by atoms with Crippen LogP contribution >= 0.6 is 11.3 Å². The molecular weight excluding hydrogens is 284 g/mol. The van der Waals surface area contributed by atoms with Gasteiger partial charge in [-0.2, -0.15) is 0 Å². The van der Waals surface area contributed by atoms with Crippen molar-refractivity contribution in [3.63, 3.8) is 0 Å². The number of aromatic nitrogens is 1. The maximum atomic E-state index is 5.74. The van der Waals surface area contributed by atoms with Crippen molar-refractivity contribution in [2.24, 2.45) is 0 Å². The fourth-order valence-corrected chi connectivity index (χ4v) is 3.36. The van der Waals surface area contributed by atoms with Gasteiger partial charge in [0.2, 0.25) is 0 Å². The highest BCUT2D eigenvalue weighted by Gasteiger charge is 2.23. The van der Waals surface area contributed by atoms with Crippen LogP contribution in [0.3, 0.4) is 0 Å². The minimum absolute atomic E-state index is 0.121. The van der Waals surface area contributed by atoms with Crippen molar-refractivity contribution in [3.8, 4) is 0 Å². The van der Waals surface area contributed by atoms with Gasteiger partial charge in [-0.3, -0.25) is 0 Å². The van der Waals surface area contributed by atoms with E-state index in [0.29, 0.717) is 13.2 Å². The van der Waals surface area contributed by atoms with Crippen molar-refractivity contribution in [1.29, 1.82) is 0 Å². The van der Waals surface area contributed by atoms with E-state index in [1.807, 2.05) is 19.9 Å². The molecule has 0 fully saturated rings. The quantitative estimate of drug-likeness (QED) is 0.722. The third kappa shape index (κ3) is 4.48. The van der Waals surface area contributed by atoms with E-state index in [1.54, 1.807) is 11.3 Å². The molecular formula is C16H24N2O2S. The number of ether oxygens (including phenoxy) is 2. The van der Waals surface area contributed by atoms with Gasteiger partial charge in [-0.05, 0) is 32.5 Å². The number of thiazole rings is 1. The molecule has 2 rings (SSSR count). The lowest BCUT2D eigenvalue weighted by Gasteiger charge is -2.26. The third-order valence-electron chi connectivity index (χ3n) is 3.19. The Kier molecular flexibility index (Phi) is 6.57. The van der Waals surface area contributed by atoms with Gasteiger partial charge in [-0.25, -0.2) is 4.98 Å². The molecule has 0 bridgehead atoms. The summed E-state index contributed by atoms with van der Waals surface area (Å²) in [5, 5.41) is 4.58. The van der Waals surface area contributed by atoms with Gasteiger partial charge >= 0.3 is 0 Å². The number of hydrogen-bond donors (Lipinski definition) is 1. The van der Waals surface area contributed by atoms with Crippen molar-refractivity contribution < 1.29 is 9.47 Å². The van der Waals surface area contributed by atoms with Gasteiger partial charge < -0.3 is 14.8 Å². The first-order valence-electron chi connectivity index (χ1n) is 7.59. The van der Waals surface area contributed by atoms with Gasteiger partial charge in [0, 0.05) is 19.6 Å². The number of nitrogens with zero attached hydrogens (tertiary/aromatic N) is 1. The van der Waals surface area contributed by atoms with E-state index in [2.05, 4.69) is 30.4 Å². The molecule has 0 saturated carbocycles. The zero-order valence-electron chi connectivity index (χ0n) is 13.0. The summed E-state index contributed by atoms with van der Waals surface area (Å²) in [5.74, 6) is 0. The molecule has 1 aromatic carbocycles. The molecule has 0 radical (unpaired) electrons. The molecule has 2 aromatic rings. The molecule has 1 aromatic heterocycles. The number of nitrogens with one attached hydrogen (secondary N) is 1. The number of likely N-dealkylation sites (N-methyl/N-ethyl adjacent to an activating group) is 1. The Labute approximate surface area is 130 Å². The molecule has 1 N–H and O–H groups in total. The maximum absolute atomic E-state index is 5.74. The number of fused-ring (bicyclic) bond motifs is 1. The topological polar surface area (TPSA) is 43.4 Å². The Morgan fingerprint density at radius 2 is 1.86 bits per heavy atom. The van der Waals surface area contributed by atoms with Gasteiger partial charge in [-0.1, -0.05) is 19.1 Å². The molecule has 0 saturated heterocycles. The SMILES string of the molecule is CCNC(Cc1nc2ccccc2s1)C(OCC)OCC. The third-order valence-corrected chi connectivity index (χ3v) is 4.25. The molecule has 1 unspecified atom stereocenters. The summed E-state index contributed by atoms with van der Waals surface area (Å²) in [4.78, 5) is 4.70. The van der Waals surface area contributed by atoms with Gasteiger partial charge in [0.1, 0.15) is 0 Å². The minimum Gasteiger partial charge on any atom is -0.351 e. The standard InChI is InChI=1S/C16H24N2O2S/c1-4-17-13(16(19-5-2)20-6-3)11-15-18-12-9-7-8-10-14(12)21-15/h7-10,13,16-17H,4-6,11H2,1-3H3. The molecule has 21 heavy (non-hydrogen) atoms. The number of para-hydroxylation sites is 1. The second-order valence-electron chi connectivity index (χ2n) is 4.72. The van der Waals surface area contributed by atoms with Crippen LogP contribution in [0.4, 0.5) is 0 Å². The van der Waals surface area contributed by atoms with E-state index in [1.165, 1.54) is 4.70 Å². The van der Waals surface area contributed by atoms with Crippen molar-refractivity contribution in [2.45, 2.75) is 39.5 Å². The van der Waals surface area contributed by atoms with Crippen LogP contribution in [0.5, 0.6) is 0 Å². The van der Waals surface area contributed by atoms with E-state index < -0.39 is 0 Å². The summed E-state index contributed by atoms with van der Waals surface area (Å²) in [5.41, 5.74) is 1.07.